The zero-order valence-corrected chi connectivity index (χ0v) is 16.9. The van der Waals surface area contributed by atoms with Gasteiger partial charge in [0, 0.05) is 18.8 Å². The van der Waals surface area contributed by atoms with Crippen molar-refractivity contribution in [3.05, 3.63) is 29.3 Å². The number of carbonyl (C=O) groups excluding carboxylic acids is 2. The smallest absolute Gasteiger partial charge is 0.286 e. The Labute approximate surface area is 166 Å². The quantitative estimate of drug-likeness (QED) is 0.742. The number of thioether (sulfide) groups is 1. The van der Waals surface area contributed by atoms with Crippen molar-refractivity contribution < 1.29 is 14.3 Å². The Balaban J connectivity index is 1.50. The number of amides is 2. The second-order valence-corrected chi connectivity index (χ2v) is 8.61. The molecule has 9 heteroatoms. The topological polar surface area (TPSA) is 84.4 Å². The summed E-state index contributed by atoms with van der Waals surface area (Å²) < 4.78 is 5.71. The van der Waals surface area contributed by atoms with E-state index >= 15 is 0 Å². The van der Waals surface area contributed by atoms with Crippen LogP contribution in [0.3, 0.4) is 0 Å². The molecule has 7 nitrogen and oxygen atoms in total. The molecule has 0 spiro atoms. The van der Waals surface area contributed by atoms with E-state index < -0.39 is 0 Å². The van der Waals surface area contributed by atoms with Crippen LogP contribution in [-0.4, -0.2) is 52.9 Å². The molecule has 1 aliphatic rings. The second-order valence-electron chi connectivity index (χ2n) is 6.41. The molecule has 1 aromatic heterocycles. The maximum Gasteiger partial charge on any atom is 0.286 e. The predicted octanol–water partition coefficient (Wildman–Crippen LogP) is 3.15. The maximum atomic E-state index is 12.3. The van der Waals surface area contributed by atoms with E-state index in [4.69, 9.17) is 4.74 Å². The maximum absolute atomic E-state index is 12.3. The molecule has 0 aliphatic carbocycles. The molecule has 0 unspecified atom stereocenters. The molecule has 0 bridgehead atoms. The number of piperidine rings is 1. The average molecular weight is 407 g/mol. The number of hydrogen-bond donors (Lipinski definition) is 1. The first-order chi connectivity index (χ1) is 13.0. The van der Waals surface area contributed by atoms with Crippen LogP contribution in [0.15, 0.2) is 28.6 Å². The van der Waals surface area contributed by atoms with Gasteiger partial charge >= 0.3 is 0 Å². The van der Waals surface area contributed by atoms with Crippen molar-refractivity contribution in [2.45, 2.75) is 24.1 Å². The SMILES string of the molecule is COc1ccc(NC(=O)c2nnc(SCC(=O)N3CCC(C)CC3)s2)cc1. The molecule has 2 heterocycles. The fourth-order valence-corrected chi connectivity index (χ4v) is 4.34. The van der Waals surface area contributed by atoms with E-state index in [0.717, 1.165) is 31.7 Å². The third kappa shape index (κ3) is 5.43. The lowest BCUT2D eigenvalue weighted by Gasteiger charge is -2.30. The molecule has 1 N–H and O–H groups in total. The number of nitrogens with one attached hydrogen (secondary N) is 1. The van der Waals surface area contributed by atoms with Gasteiger partial charge in [0.2, 0.25) is 10.9 Å². The molecule has 1 aliphatic heterocycles. The van der Waals surface area contributed by atoms with Crippen LogP contribution >= 0.6 is 23.1 Å². The van der Waals surface area contributed by atoms with Gasteiger partial charge in [0.1, 0.15) is 5.75 Å². The Morgan fingerprint density at radius 3 is 2.63 bits per heavy atom. The molecule has 2 amide bonds. The number of carbonyl (C=O) groups is 2. The summed E-state index contributed by atoms with van der Waals surface area (Å²) in [4.78, 5) is 26.5. The zero-order valence-electron chi connectivity index (χ0n) is 15.3. The number of aromatic nitrogens is 2. The lowest BCUT2D eigenvalue weighted by Crippen LogP contribution is -2.38. The fraction of sp³-hybridized carbons (Fsp3) is 0.444. The first-order valence-electron chi connectivity index (χ1n) is 8.74. The summed E-state index contributed by atoms with van der Waals surface area (Å²) in [7, 11) is 1.59. The van der Waals surface area contributed by atoms with E-state index in [1.807, 2.05) is 4.90 Å². The van der Waals surface area contributed by atoms with Crippen molar-refractivity contribution >= 4 is 40.6 Å². The minimum atomic E-state index is -0.319. The number of hydrogen-bond acceptors (Lipinski definition) is 7. The Morgan fingerprint density at radius 2 is 1.96 bits per heavy atom. The summed E-state index contributed by atoms with van der Waals surface area (Å²) in [6.07, 6.45) is 2.12. The van der Waals surface area contributed by atoms with Crippen LogP contribution < -0.4 is 10.1 Å². The third-order valence-electron chi connectivity index (χ3n) is 4.40. The highest BCUT2D eigenvalue weighted by atomic mass is 32.2. The molecule has 0 radical (unpaired) electrons. The van der Waals surface area contributed by atoms with Crippen LogP contribution in [0, 0.1) is 5.92 Å². The van der Waals surface area contributed by atoms with E-state index in [1.165, 1.54) is 23.1 Å². The summed E-state index contributed by atoms with van der Waals surface area (Å²) in [6, 6.07) is 7.05. The van der Waals surface area contributed by atoms with Crippen LogP contribution in [-0.2, 0) is 4.79 Å². The summed E-state index contributed by atoms with van der Waals surface area (Å²) in [5.74, 6) is 1.53. The molecule has 1 fully saturated rings. The van der Waals surface area contributed by atoms with E-state index in [1.54, 1.807) is 31.4 Å². The molecule has 1 saturated heterocycles. The average Bonchev–Trinajstić information content (AvgIpc) is 3.16. The molecule has 0 atom stereocenters. The van der Waals surface area contributed by atoms with Crippen molar-refractivity contribution in [3.8, 4) is 5.75 Å². The van der Waals surface area contributed by atoms with Gasteiger partial charge in [-0.15, -0.1) is 10.2 Å². The standard InChI is InChI=1S/C18H22N4O3S2/c1-12-7-9-22(10-8-12)15(23)11-26-18-21-20-17(27-18)16(24)19-13-3-5-14(25-2)6-4-13/h3-6,12H,7-11H2,1-2H3,(H,19,24). The number of rotatable bonds is 6. The molecular weight excluding hydrogens is 384 g/mol. The molecule has 144 valence electrons. The zero-order chi connectivity index (χ0) is 19.2. The molecule has 0 saturated carbocycles. The number of likely N-dealkylation sites (tertiary alicyclic amines) is 1. The molecule has 2 aromatic rings. The van der Waals surface area contributed by atoms with Crippen LogP contribution in [0.1, 0.15) is 29.6 Å². The third-order valence-corrected chi connectivity index (χ3v) is 6.44. The lowest BCUT2D eigenvalue weighted by atomic mass is 9.99. The Hall–Kier alpha value is -2.13. The highest BCUT2D eigenvalue weighted by molar-refractivity contribution is 8.01. The molecular formula is C18H22N4O3S2. The van der Waals surface area contributed by atoms with Crippen LogP contribution in [0.5, 0.6) is 5.75 Å². The number of nitrogens with zero attached hydrogens (tertiary/aromatic N) is 3. The van der Waals surface area contributed by atoms with Crippen molar-refractivity contribution in [1.29, 1.82) is 0 Å². The van der Waals surface area contributed by atoms with E-state index in [-0.39, 0.29) is 16.8 Å². The minimum Gasteiger partial charge on any atom is -0.497 e. The highest BCUT2D eigenvalue weighted by Crippen LogP contribution is 2.25. The lowest BCUT2D eigenvalue weighted by molar-refractivity contribution is -0.129. The van der Waals surface area contributed by atoms with Gasteiger partial charge in [0.05, 0.1) is 12.9 Å². The number of methoxy groups -OCH3 is 1. The molecule has 1 aromatic carbocycles. The van der Waals surface area contributed by atoms with Gasteiger partial charge in [-0.05, 0) is 43.0 Å². The van der Waals surface area contributed by atoms with Gasteiger partial charge < -0.3 is 15.0 Å². The monoisotopic (exact) mass is 406 g/mol. The van der Waals surface area contributed by atoms with Gasteiger partial charge in [0.25, 0.3) is 5.91 Å². The predicted molar refractivity (Wildman–Crippen MR) is 107 cm³/mol. The minimum absolute atomic E-state index is 0.117. The fourth-order valence-electron chi connectivity index (χ4n) is 2.69. The van der Waals surface area contributed by atoms with Crippen LogP contribution in [0.4, 0.5) is 5.69 Å². The number of ether oxygens (including phenoxy) is 1. The highest BCUT2D eigenvalue weighted by Gasteiger charge is 2.21. The Bertz CT molecular complexity index is 786. The first kappa shape index (κ1) is 19.6. The summed E-state index contributed by atoms with van der Waals surface area (Å²) in [5, 5.41) is 11.0. The van der Waals surface area contributed by atoms with Gasteiger partial charge in [-0.1, -0.05) is 30.0 Å². The second kappa shape index (κ2) is 9.18. The van der Waals surface area contributed by atoms with Gasteiger partial charge in [-0.2, -0.15) is 0 Å². The van der Waals surface area contributed by atoms with Crippen molar-refractivity contribution in [1.82, 2.24) is 15.1 Å². The van der Waals surface area contributed by atoms with Gasteiger partial charge in [-0.3, -0.25) is 9.59 Å². The first-order valence-corrected chi connectivity index (χ1v) is 10.5. The normalized spacial score (nSPS) is 14.8. The number of benzene rings is 1. The van der Waals surface area contributed by atoms with Crippen molar-refractivity contribution in [3.63, 3.8) is 0 Å². The van der Waals surface area contributed by atoms with Crippen molar-refractivity contribution in [2.24, 2.45) is 5.92 Å². The summed E-state index contributed by atoms with van der Waals surface area (Å²) >= 11 is 2.52. The van der Waals surface area contributed by atoms with Gasteiger partial charge in [0.15, 0.2) is 4.34 Å². The number of anilines is 1. The summed E-state index contributed by atoms with van der Waals surface area (Å²) in [5.41, 5.74) is 0.653. The largest absolute Gasteiger partial charge is 0.497 e. The van der Waals surface area contributed by atoms with Crippen LogP contribution in [0.2, 0.25) is 0 Å². The molecule has 27 heavy (non-hydrogen) atoms. The van der Waals surface area contributed by atoms with Gasteiger partial charge in [-0.25, -0.2) is 0 Å². The van der Waals surface area contributed by atoms with E-state index in [2.05, 4.69) is 22.4 Å². The van der Waals surface area contributed by atoms with Crippen LogP contribution in [0.25, 0.3) is 0 Å². The van der Waals surface area contributed by atoms with E-state index in [0.29, 0.717) is 21.7 Å². The van der Waals surface area contributed by atoms with E-state index in [9.17, 15) is 9.59 Å². The Kier molecular flexibility index (Phi) is 6.68. The summed E-state index contributed by atoms with van der Waals surface area (Å²) in [6.45, 7) is 3.87. The van der Waals surface area contributed by atoms with Crippen molar-refractivity contribution in [2.75, 3.05) is 31.3 Å². The Morgan fingerprint density at radius 1 is 1.26 bits per heavy atom. The molecule has 3 rings (SSSR count).